The molecular formula is C14H17NO5. The largest absolute Gasteiger partial charge is 0.367 e. The highest BCUT2D eigenvalue weighted by atomic mass is 16.7. The normalized spacial score (nSPS) is 52.6. The van der Waals surface area contributed by atoms with Gasteiger partial charge in [-0.1, -0.05) is 18.7 Å². The summed E-state index contributed by atoms with van der Waals surface area (Å²) in [7, 11) is 1.42. The number of fused-ring (bicyclic) bond motifs is 1. The predicted molar refractivity (Wildman–Crippen MR) is 66.8 cm³/mol. The highest BCUT2D eigenvalue weighted by Gasteiger charge is 2.84. The Morgan fingerprint density at radius 2 is 2.35 bits per heavy atom. The molecule has 0 aliphatic carbocycles. The van der Waals surface area contributed by atoms with Gasteiger partial charge in [0.05, 0.1) is 18.9 Å². The van der Waals surface area contributed by atoms with E-state index in [-0.39, 0.29) is 17.9 Å². The third-order valence-electron chi connectivity index (χ3n) is 5.06. The van der Waals surface area contributed by atoms with Gasteiger partial charge in [-0.15, -0.1) is 0 Å². The van der Waals surface area contributed by atoms with Gasteiger partial charge in [-0.3, -0.25) is 9.63 Å². The third-order valence-corrected chi connectivity index (χ3v) is 5.06. The van der Waals surface area contributed by atoms with Crippen LogP contribution in [0.3, 0.4) is 0 Å². The Kier molecular flexibility index (Phi) is 2.20. The monoisotopic (exact) mass is 279 g/mol. The zero-order valence-electron chi connectivity index (χ0n) is 11.4. The lowest BCUT2D eigenvalue weighted by molar-refractivity contribution is -0.210. The predicted octanol–water partition coefficient (Wildman–Crippen LogP) is 0.341. The van der Waals surface area contributed by atoms with Crippen LogP contribution in [-0.2, 0) is 19.1 Å². The van der Waals surface area contributed by atoms with Gasteiger partial charge in [0.2, 0.25) is 0 Å². The van der Waals surface area contributed by atoms with Crippen LogP contribution in [0.15, 0.2) is 24.4 Å². The lowest BCUT2D eigenvalue weighted by Gasteiger charge is -2.34. The maximum atomic E-state index is 12.9. The van der Waals surface area contributed by atoms with E-state index in [1.165, 1.54) is 12.2 Å². The number of carbonyl (C=O) groups is 1. The zero-order valence-corrected chi connectivity index (χ0v) is 11.4. The molecule has 1 spiro atoms. The SMILES string of the molecule is C=C1[C@@H]2O[C@@]3(O)C[C@H]4O[C@@H]3[C@]2(C(=O)N1OC)[C@@H]4/C=C/C. The van der Waals surface area contributed by atoms with E-state index in [1.807, 2.05) is 19.1 Å². The molecule has 4 aliphatic rings. The van der Waals surface area contributed by atoms with Crippen LogP contribution in [0.1, 0.15) is 13.3 Å². The Balaban J connectivity index is 1.91. The van der Waals surface area contributed by atoms with Crippen molar-refractivity contribution in [3.8, 4) is 0 Å². The quantitative estimate of drug-likeness (QED) is 0.738. The highest BCUT2D eigenvalue weighted by Crippen LogP contribution is 2.68. The fraction of sp³-hybridized carbons (Fsp3) is 0.643. The van der Waals surface area contributed by atoms with Gasteiger partial charge in [0.25, 0.3) is 5.91 Å². The molecule has 20 heavy (non-hydrogen) atoms. The molecule has 1 amide bonds. The highest BCUT2D eigenvalue weighted by molar-refractivity contribution is 5.91. The van der Waals surface area contributed by atoms with Crippen LogP contribution >= 0.6 is 0 Å². The van der Waals surface area contributed by atoms with Crippen molar-refractivity contribution < 1.29 is 24.2 Å². The summed E-state index contributed by atoms with van der Waals surface area (Å²) >= 11 is 0. The van der Waals surface area contributed by atoms with Crippen molar-refractivity contribution in [1.82, 2.24) is 5.06 Å². The van der Waals surface area contributed by atoms with E-state index in [4.69, 9.17) is 14.3 Å². The van der Waals surface area contributed by atoms with E-state index in [0.717, 1.165) is 0 Å². The molecule has 4 saturated heterocycles. The number of ether oxygens (including phenoxy) is 2. The maximum Gasteiger partial charge on any atom is 0.263 e. The van der Waals surface area contributed by atoms with Gasteiger partial charge in [0, 0.05) is 12.3 Å². The van der Waals surface area contributed by atoms with Crippen LogP contribution < -0.4 is 0 Å². The minimum absolute atomic E-state index is 0.130. The number of hydrogen-bond acceptors (Lipinski definition) is 5. The summed E-state index contributed by atoms with van der Waals surface area (Å²) in [6, 6.07) is 0. The van der Waals surface area contributed by atoms with Crippen molar-refractivity contribution in [2.75, 3.05) is 7.11 Å². The van der Waals surface area contributed by atoms with E-state index in [1.54, 1.807) is 0 Å². The molecule has 6 heteroatoms. The fourth-order valence-electron chi connectivity index (χ4n) is 4.44. The summed E-state index contributed by atoms with van der Waals surface area (Å²) in [5, 5.41) is 11.8. The van der Waals surface area contributed by atoms with E-state index in [2.05, 4.69) is 6.58 Å². The van der Waals surface area contributed by atoms with Gasteiger partial charge in [0.15, 0.2) is 5.79 Å². The lowest BCUT2D eigenvalue weighted by atomic mass is 9.64. The summed E-state index contributed by atoms with van der Waals surface area (Å²) in [5.41, 5.74) is -0.517. The Labute approximate surface area is 116 Å². The average Bonchev–Trinajstić information content (AvgIpc) is 2.99. The molecule has 0 aromatic heterocycles. The molecule has 4 aliphatic heterocycles. The number of amides is 1. The van der Waals surface area contributed by atoms with Gasteiger partial charge in [-0.05, 0) is 6.92 Å². The fourth-order valence-corrected chi connectivity index (χ4v) is 4.44. The Morgan fingerprint density at radius 3 is 3.00 bits per heavy atom. The summed E-state index contributed by atoms with van der Waals surface area (Å²) in [4.78, 5) is 18.0. The topological polar surface area (TPSA) is 68.2 Å². The van der Waals surface area contributed by atoms with Crippen LogP contribution in [0, 0.1) is 11.3 Å². The summed E-state index contributed by atoms with van der Waals surface area (Å²) < 4.78 is 11.7. The second kappa shape index (κ2) is 3.51. The maximum absolute atomic E-state index is 12.9. The second-order valence-corrected chi connectivity index (χ2v) is 5.86. The van der Waals surface area contributed by atoms with Crippen molar-refractivity contribution >= 4 is 5.91 Å². The molecule has 4 rings (SSSR count). The Hall–Kier alpha value is -1.21. The Morgan fingerprint density at radius 1 is 1.60 bits per heavy atom. The molecule has 0 radical (unpaired) electrons. The first-order valence-corrected chi connectivity index (χ1v) is 6.76. The molecule has 1 N–H and O–H groups in total. The van der Waals surface area contributed by atoms with Gasteiger partial charge in [-0.25, -0.2) is 0 Å². The van der Waals surface area contributed by atoms with Crippen molar-refractivity contribution in [2.24, 2.45) is 11.3 Å². The van der Waals surface area contributed by atoms with Crippen molar-refractivity contribution in [3.63, 3.8) is 0 Å². The first kappa shape index (κ1) is 12.5. The number of aliphatic hydroxyl groups is 1. The van der Waals surface area contributed by atoms with Crippen LogP contribution in [0.25, 0.3) is 0 Å². The Bertz CT molecular complexity index is 546. The van der Waals surface area contributed by atoms with E-state index in [9.17, 15) is 9.90 Å². The first-order valence-electron chi connectivity index (χ1n) is 6.76. The molecule has 0 unspecified atom stereocenters. The smallest absolute Gasteiger partial charge is 0.263 e. The second-order valence-electron chi connectivity index (χ2n) is 5.86. The van der Waals surface area contributed by atoms with Crippen LogP contribution in [0.2, 0.25) is 0 Å². The van der Waals surface area contributed by atoms with E-state index < -0.39 is 23.4 Å². The zero-order chi connectivity index (χ0) is 14.3. The molecule has 6 nitrogen and oxygen atoms in total. The summed E-state index contributed by atoms with van der Waals surface area (Å²) in [6.45, 7) is 5.80. The molecular weight excluding hydrogens is 262 g/mol. The molecule has 0 aromatic rings. The van der Waals surface area contributed by atoms with Crippen molar-refractivity contribution in [2.45, 2.75) is 37.4 Å². The molecule has 4 heterocycles. The number of hydrogen-bond donors (Lipinski definition) is 1. The number of rotatable bonds is 2. The van der Waals surface area contributed by atoms with Crippen LogP contribution in [0.4, 0.5) is 0 Å². The van der Waals surface area contributed by atoms with Crippen LogP contribution in [0.5, 0.6) is 0 Å². The molecule has 0 aromatic carbocycles. The average molecular weight is 279 g/mol. The van der Waals surface area contributed by atoms with E-state index in [0.29, 0.717) is 12.1 Å². The third kappa shape index (κ3) is 1.03. The summed E-state index contributed by atoms with van der Waals surface area (Å²) in [5.74, 6) is -1.75. The molecule has 6 atom stereocenters. The van der Waals surface area contributed by atoms with Crippen LogP contribution in [-0.4, -0.2) is 47.3 Å². The lowest BCUT2D eigenvalue weighted by Crippen LogP contribution is -2.53. The van der Waals surface area contributed by atoms with Gasteiger partial charge >= 0.3 is 0 Å². The van der Waals surface area contributed by atoms with Crippen molar-refractivity contribution in [3.05, 3.63) is 24.4 Å². The minimum atomic E-state index is -1.38. The standard InChI is InChI=1S/C14H17NO5/c1-4-5-8-9-6-13(17)11(19-9)14(8)10(20-13)7(2)15(18-3)12(14)16/h4-5,8-11,17H,2,6H2,1,3H3/b5-4+/t8-,9-,10+,11+,13+,14+/m1/s1. The minimum Gasteiger partial charge on any atom is -0.367 e. The number of nitrogens with zero attached hydrogens (tertiary/aromatic N) is 1. The summed E-state index contributed by atoms with van der Waals surface area (Å²) in [6.07, 6.45) is 2.80. The number of allylic oxidation sites excluding steroid dienone is 1. The first-order chi connectivity index (χ1) is 9.50. The molecule has 2 bridgehead atoms. The molecule has 0 saturated carbocycles. The van der Waals surface area contributed by atoms with E-state index >= 15 is 0 Å². The molecule has 108 valence electrons. The van der Waals surface area contributed by atoms with Gasteiger partial charge in [0.1, 0.15) is 17.6 Å². The van der Waals surface area contributed by atoms with Gasteiger partial charge in [-0.2, -0.15) is 5.06 Å². The number of hydroxylamine groups is 2. The number of carbonyl (C=O) groups excluding carboxylic acids is 1. The van der Waals surface area contributed by atoms with Gasteiger partial charge < -0.3 is 14.6 Å². The van der Waals surface area contributed by atoms with Crippen molar-refractivity contribution in [1.29, 1.82) is 0 Å². The molecule has 4 fully saturated rings.